The molecule has 1 rings (SSSR count). The van der Waals surface area contributed by atoms with E-state index in [0.717, 1.165) is 11.4 Å². The third-order valence-electron chi connectivity index (χ3n) is 1.96. The molecule has 0 aliphatic carbocycles. The molecule has 0 radical (unpaired) electrons. The lowest BCUT2D eigenvalue weighted by molar-refractivity contribution is 0.280. The molecule has 14 heavy (non-hydrogen) atoms. The topological polar surface area (TPSA) is 56.6 Å². The highest BCUT2D eigenvalue weighted by Gasteiger charge is 2.05. The monoisotopic (exact) mass is 196 g/mol. The van der Waals surface area contributed by atoms with Gasteiger partial charge in [-0.05, 0) is 24.6 Å². The van der Waals surface area contributed by atoms with Crippen LogP contribution in [0, 0.1) is 6.92 Å². The maximum atomic E-state index is 8.84. The molecule has 0 fully saturated rings. The van der Waals surface area contributed by atoms with Crippen LogP contribution in [-0.4, -0.2) is 41.5 Å². The Morgan fingerprint density at radius 3 is 2.43 bits per heavy atom. The number of aliphatic hydroxyl groups excluding tert-OH is 2. The zero-order chi connectivity index (χ0) is 10.4. The molecule has 0 aliphatic rings. The third kappa shape index (κ3) is 2.97. The summed E-state index contributed by atoms with van der Waals surface area (Å²) in [4.78, 5) is 6.04. The van der Waals surface area contributed by atoms with E-state index in [2.05, 4.69) is 4.98 Å². The van der Waals surface area contributed by atoms with Gasteiger partial charge in [-0.3, -0.25) is 0 Å². The Kier molecular flexibility index (Phi) is 4.35. The molecule has 1 aromatic heterocycles. The van der Waals surface area contributed by atoms with Gasteiger partial charge in [0, 0.05) is 19.3 Å². The fourth-order valence-corrected chi connectivity index (χ4v) is 1.28. The summed E-state index contributed by atoms with van der Waals surface area (Å²) in [5, 5.41) is 17.7. The minimum atomic E-state index is 0.0651. The molecule has 0 unspecified atom stereocenters. The third-order valence-corrected chi connectivity index (χ3v) is 1.96. The van der Waals surface area contributed by atoms with E-state index < -0.39 is 0 Å². The second-order valence-electron chi connectivity index (χ2n) is 3.13. The first-order valence-corrected chi connectivity index (χ1v) is 4.67. The summed E-state index contributed by atoms with van der Waals surface area (Å²) in [7, 11) is 0. The largest absolute Gasteiger partial charge is 0.395 e. The molecular formula is C10H16N2O2. The number of hydrogen-bond acceptors (Lipinski definition) is 4. The highest BCUT2D eigenvalue weighted by Crippen LogP contribution is 2.10. The van der Waals surface area contributed by atoms with Gasteiger partial charge in [-0.2, -0.15) is 0 Å². The summed E-state index contributed by atoms with van der Waals surface area (Å²) in [6.45, 7) is 3.11. The molecule has 4 heteroatoms. The molecule has 0 saturated carbocycles. The first kappa shape index (κ1) is 10.9. The highest BCUT2D eigenvalue weighted by molar-refractivity contribution is 5.40. The zero-order valence-electron chi connectivity index (χ0n) is 8.35. The van der Waals surface area contributed by atoms with Crippen molar-refractivity contribution in [1.82, 2.24) is 4.98 Å². The lowest BCUT2D eigenvalue weighted by atomic mass is 10.3. The number of nitrogens with zero attached hydrogens (tertiary/aromatic N) is 2. The van der Waals surface area contributed by atoms with Crippen LogP contribution in [-0.2, 0) is 0 Å². The van der Waals surface area contributed by atoms with Crippen molar-refractivity contribution >= 4 is 5.82 Å². The van der Waals surface area contributed by atoms with Gasteiger partial charge in [-0.25, -0.2) is 4.98 Å². The van der Waals surface area contributed by atoms with Crippen LogP contribution in [0.1, 0.15) is 5.56 Å². The summed E-state index contributed by atoms with van der Waals surface area (Å²) in [5.74, 6) is 0.799. The van der Waals surface area contributed by atoms with Gasteiger partial charge in [0.2, 0.25) is 0 Å². The minimum Gasteiger partial charge on any atom is -0.395 e. The highest BCUT2D eigenvalue weighted by atomic mass is 16.3. The number of aryl methyl sites for hydroxylation is 1. The maximum absolute atomic E-state index is 8.84. The van der Waals surface area contributed by atoms with E-state index in [1.54, 1.807) is 6.20 Å². The van der Waals surface area contributed by atoms with Crippen LogP contribution in [0.5, 0.6) is 0 Å². The molecule has 78 valence electrons. The SMILES string of the molecule is Cc1ccnc(N(CCO)CCO)c1. The first-order chi connectivity index (χ1) is 6.77. The molecule has 0 amide bonds. The van der Waals surface area contributed by atoms with E-state index in [-0.39, 0.29) is 13.2 Å². The molecule has 1 heterocycles. The van der Waals surface area contributed by atoms with E-state index in [1.807, 2.05) is 24.0 Å². The Hall–Kier alpha value is -1.13. The zero-order valence-corrected chi connectivity index (χ0v) is 8.35. The second kappa shape index (κ2) is 5.57. The predicted molar refractivity (Wildman–Crippen MR) is 55.4 cm³/mol. The van der Waals surface area contributed by atoms with Gasteiger partial charge in [0.25, 0.3) is 0 Å². The average molecular weight is 196 g/mol. The Morgan fingerprint density at radius 2 is 1.93 bits per heavy atom. The number of pyridine rings is 1. The van der Waals surface area contributed by atoms with E-state index in [1.165, 1.54) is 0 Å². The molecule has 0 aliphatic heterocycles. The van der Waals surface area contributed by atoms with Gasteiger partial charge < -0.3 is 15.1 Å². The van der Waals surface area contributed by atoms with Gasteiger partial charge in [0.05, 0.1) is 13.2 Å². The summed E-state index contributed by atoms with van der Waals surface area (Å²) in [6, 6.07) is 3.85. The normalized spacial score (nSPS) is 10.2. The van der Waals surface area contributed by atoms with Crippen LogP contribution >= 0.6 is 0 Å². The fraction of sp³-hybridized carbons (Fsp3) is 0.500. The van der Waals surface area contributed by atoms with E-state index in [9.17, 15) is 0 Å². The molecule has 0 bridgehead atoms. The first-order valence-electron chi connectivity index (χ1n) is 4.67. The van der Waals surface area contributed by atoms with Crippen LogP contribution in [0.3, 0.4) is 0 Å². The molecule has 0 saturated heterocycles. The minimum absolute atomic E-state index is 0.0651. The van der Waals surface area contributed by atoms with Crippen molar-refractivity contribution in [1.29, 1.82) is 0 Å². The van der Waals surface area contributed by atoms with Crippen molar-refractivity contribution in [2.45, 2.75) is 6.92 Å². The van der Waals surface area contributed by atoms with E-state index >= 15 is 0 Å². The Morgan fingerprint density at radius 1 is 1.29 bits per heavy atom. The number of rotatable bonds is 5. The maximum Gasteiger partial charge on any atom is 0.128 e. The average Bonchev–Trinajstić information content (AvgIpc) is 2.17. The van der Waals surface area contributed by atoms with Gasteiger partial charge in [-0.15, -0.1) is 0 Å². The van der Waals surface area contributed by atoms with Gasteiger partial charge >= 0.3 is 0 Å². The fourth-order valence-electron chi connectivity index (χ4n) is 1.28. The van der Waals surface area contributed by atoms with Crippen LogP contribution in [0.15, 0.2) is 18.3 Å². The lowest BCUT2D eigenvalue weighted by Gasteiger charge is -2.21. The Labute approximate surface area is 83.8 Å². The second-order valence-corrected chi connectivity index (χ2v) is 3.13. The predicted octanol–water partition coefficient (Wildman–Crippen LogP) is 0.181. The standard InChI is InChI=1S/C10H16N2O2/c1-9-2-3-11-10(8-9)12(4-6-13)5-7-14/h2-3,8,13-14H,4-7H2,1H3. The van der Waals surface area contributed by atoms with Crippen molar-refractivity contribution in [2.75, 3.05) is 31.2 Å². The number of hydrogen-bond donors (Lipinski definition) is 2. The van der Waals surface area contributed by atoms with E-state index in [4.69, 9.17) is 10.2 Å². The number of aromatic nitrogens is 1. The lowest BCUT2D eigenvalue weighted by Crippen LogP contribution is -2.30. The van der Waals surface area contributed by atoms with Crippen molar-refractivity contribution in [3.63, 3.8) is 0 Å². The smallest absolute Gasteiger partial charge is 0.128 e. The van der Waals surface area contributed by atoms with Crippen LogP contribution in [0.4, 0.5) is 5.82 Å². The summed E-state index contributed by atoms with van der Waals surface area (Å²) < 4.78 is 0. The van der Waals surface area contributed by atoms with Crippen molar-refractivity contribution in [3.05, 3.63) is 23.9 Å². The Bertz CT molecular complexity index is 273. The Balaban J connectivity index is 2.75. The van der Waals surface area contributed by atoms with Crippen LogP contribution in [0.25, 0.3) is 0 Å². The molecule has 1 aromatic rings. The van der Waals surface area contributed by atoms with Crippen molar-refractivity contribution in [3.8, 4) is 0 Å². The molecule has 4 nitrogen and oxygen atoms in total. The van der Waals surface area contributed by atoms with Gasteiger partial charge in [0.15, 0.2) is 0 Å². The molecular weight excluding hydrogens is 180 g/mol. The molecule has 0 atom stereocenters. The van der Waals surface area contributed by atoms with Gasteiger partial charge in [0.1, 0.15) is 5.82 Å². The quantitative estimate of drug-likeness (QED) is 0.705. The van der Waals surface area contributed by atoms with E-state index in [0.29, 0.717) is 13.1 Å². The summed E-state index contributed by atoms with van der Waals surface area (Å²) in [6.07, 6.45) is 1.73. The van der Waals surface area contributed by atoms with Gasteiger partial charge in [-0.1, -0.05) is 0 Å². The number of aliphatic hydroxyl groups is 2. The number of anilines is 1. The van der Waals surface area contributed by atoms with Crippen molar-refractivity contribution in [2.24, 2.45) is 0 Å². The summed E-state index contributed by atoms with van der Waals surface area (Å²) >= 11 is 0. The summed E-state index contributed by atoms with van der Waals surface area (Å²) in [5.41, 5.74) is 1.12. The molecule has 0 spiro atoms. The molecule has 2 N–H and O–H groups in total. The van der Waals surface area contributed by atoms with Crippen LogP contribution in [0.2, 0.25) is 0 Å². The van der Waals surface area contributed by atoms with Crippen LogP contribution < -0.4 is 4.90 Å². The molecule has 0 aromatic carbocycles. The van der Waals surface area contributed by atoms with Crippen molar-refractivity contribution < 1.29 is 10.2 Å².